The summed E-state index contributed by atoms with van der Waals surface area (Å²) in [6, 6.07) is 14.8. The third-order valence-corrected chi connectivity index (χ3v) is 3.52. The van der Waals surface area contributed by atoms with Crippen molar-refractivity contribution in [3.05, 3.63) is 63.6 Å². The first-order chi connectivity index (χ1) is 9.63. The van der Waals surface area contributed by atoms with E-state index in [1.807, 2.05) is 24.3 Å². The van der Waals surface area contributed by atoms with E-state index in [4.69, 9.17) is 27.9 Å². The summed E-state index contributed by atoms with van der Waals surface area (Å²) in [6.45, 7) is 0. The first-order valence-electron chi connectivity index (χ1n) is 5.85. The molecular formula is C16H11Cl2NO. The van der Waals surface area contributed by atoms with Gasteiger partial charge in [0, 0.05) is 0 Å². The van der Waals surface area contributed by atoms with E-state index in [2.05, 4.69) is 6.07 Å². The van der Waals surface area contributed by atoms with Crippen LogP contribution in [0.3, 0.4) is 0 Å². The Bertz CT molecular complexity index is 685. The van der Waals surface area contributed by atoms with Gasteiger partial charge < -0.3 is 4.74 Å². The standard InChI is InChI=1S/C16H11Cl2NO/c1-20-14-5-2-11(3-6-14)8-13(10-19)12-4-7-15(17)16(18)9-12/h2-9H,1H3/b13-8-. The smallest absolute Gasteiger partial charge is 0.118 e. The Morgan fingerprint density at radius 1 is 1.10 bits per heavy atom. The first kappa shape index (κ1) is 14.5. The van der Waals surface area contributed by atoms with Gasteiger partial charge in [-0.1, -0.05) is 41.4 Å². The summed E-state index contributed by atoms with van der Waals surface area (Å²) in [7, 11) is 1.61. The monoisotopic (exact) mass is 303 g/mol. The van der Waals surface area contributed by atoms with E-state index in [0.29, 0.717) is 15.6 Å². The molecule has 0 bridgehead atoms. The van der Waals surface area contributed by atoms with Gasteiger partial charge in [-0.05, 0) is 41.5 Å². The summed E-state index contributed by atoms with van der Waals surface area (Å²) < 4.78 is 5.10. The molecule has 0 N–H and O–H groups in total. The van der Waals surface area contributed by atoms with Crippen molar-refractivity contribution in [2.24, 2.45) is 0 Å². The highest BCUT2D eigenvalue weighted by atomic mass is 35.5. The van der Waals surface area contributed by atoms with Gasteiger partial charge in [-0.15, -0.1) is 0 Å². The molecule has 0 atom stereocenters. The molecule has 0 amide bonds. The molecule has 0 unspecified atom stereocenters. The highest BCUT2D eigenvalue weighted by Gasteiger charge is 2.04. The lowest BCUT2D eigenvalue weighted by atomic mass is 10.0. The van der Waals surface area contributed by atoms with Gasteiger partial charge in [0.2, 0.25) is 0 Å². The lowest BCUT2D eigenvalue weighted by Gasteiger charge is -2.03. The molecule has 0 heterocycles. The topological polar surface area (TPSA) is 33.0 Å². The zero-order chi connectivity index (χ0) is 14.5. The minimum Gasteiger partial charge on any atom is -0.497 e. The van der Waals surface area contributed by atoms with E-state index in [1.54, 1.807) is 31.4 Å². The van der Waals surface area contributed by atoms with Crippen molar-refractivity contribution in [3.8, 4) is 11.8 Å². The van der Waals surface area contributed by atoms with E-state index in [1.165, 1.54) is 0 Å². The molecule has 0 aliphatic carbocycles. The fraction of sp³-hybridized carbons (Fsp3) is 0.0625. The van der Waals surface area contributed by atoms with E-state index in [9.17, 15) is 5.26 Å². The number of hydrogen-bond acceptors (Lipinski definition) is 2. The third kappa shape index (κ3) is 3.33. The highest BCUT2D eigenvalue weighted by molar-refractivity contribution is 6.42. The van der Waals surface area contributed by atoms with E-state index < -0.39 is 0 Å². The number of halogens is 2. The predicted octanol–water partition coefficient (Wildman–Crippen LogP) is 5.07. The van der Waals surface area contributed by atoms with Crippen molar-refractivity contribution < 1.29 is 4.74 Å². The Balaban J connectivity index is 2.37. The van der Waals surface area contributed by atoms with Gasteiger partial charge in [-0.25, -0.2) is 0 Å². The van der Waals surface area contributed by atoms with Crippen LogP contribution in [0.1, 0.15) is 11.1 Å². The number of benzene rings is 2. The molecule has 0 radical (unpaired) electrons. The number of ether oxygens (including phenoxy) is 1. The molecular weight excluding hydrogens is 293 g/mol. The predicted molar refractivity (Wildman–Crippen MR) is 82.9 cm³/mol. The Morgan fingerprint density at radius 3 is 2.35 bits per heavy atom. The molecule has 0 spiro atoms. The number of allylic oxidation sites excluding steroid dienone is 1. The molecule has 0 saturated carbocycles. The van der Waals surface area contributed by atoms with Gasteiger partial charge in [-0.2, -0.15) is 5.26 Å². The molecule has 4 heteroatoms. The molecule has 2 nitrogen and oxygen atoms in total. The fourth-order valence-electron chi connectivity index (χ4n) is 1.71. The number of rotatable bonds is 3. The van der Waals surface area contributed by atoms with Gasteiger partial charge in [0.05, 0.1) is 28.8 Å². The largest absolute Gasteiger partial charge is 0.497 e. The highest BCUT2D eigenvalue weighted by Crippen LogP contribution is 2.27. The summed E-state index contributed by atoms with van der Waals surface area (Å²) >= 11 is 11.8. The molecule has 20 heavy (non-hydrogen) atoms. The van der Waals surface area contributed by atoms with Crippen LogP contribution in [0.2, 0.25) is 10.0 Å². The molecule has 2 aromatic carbocycles. The van der Waals surface area contributed by atoms with Gasteiger partial charge in [0.15, 0.2) is 0 Å². The summed E-state index contributed by atoms with van der Waals surface area (Å²) in [5.74, 6) is 0.773. The van der Waals surface area contributed by atoms with Crippen molar-refractivity contribution in [2.75, 3.05) is 7.11 Å². The Morgan fingerprint density at radius 2 is 1.80 bits per heavy atom. The van der Waals surface area contributed by atoms with Crippen LogP contribution in [-0.4, -0.2) is 7.11 Å². The maximum atomic E-state index is 9.28. The summed E-state index contributed by atoms with van der Waals surface area (Å²) in [4.78, 5) is 0. The van der Waals surface area contributed by atoms with Crippen molar-refractivity contribution in [1.82, 2.24) is 0 Å². The average Bonchev–Trinajstić information content (AvgIpc) is 2.48. The van der Waals surface area contributed by atoms with Crippen LogP contribution in [0.4, 0.5) is 0 Å². The van der Waals surface area contributed by atoms with Crippen LogP contribution in [0, 0.1) is 11.3 Å². The number of methoxy groups -OCH3 is 1. The van der Waals surface area contributed by atoms with Crippen LogP contribution in [-0.2, 0) is 0 Å². The van der Waals surface area contributed by atoms with Crippen molar-refractivity contribution in [1.29, 1.82) is 5.26 Å². The van der Waals surface area contributed by atoms with Crippen LogP contribution in [0.25, 0.3) is 11.6 Å². The van der Waals surface area contributed by atoms with E-state index >= 15 is 0 Å². The molecule has 0 saturated heterocycles. The molecule has 0 aromatic heterocycles. The first-order valence-corrected chi connectivity index (χ1v) is 6.61. The minimum absolute atomic E-state index is 0.431. The quantitative estimate of drug-likeness (QED) is 0.586. The summed E-state index contributed by atoms with van der Waals surface area (Å²) in [5, 5.41) is 10.2. The van der Waals surface area contributed by atoms with Crippen LogP contribution >= 0.6 is 23.2 Å². The lowest BCUT2D eigenvalue weighted by molar-refractivity contribution is 0.415. The van der Waals surface area contributed by atoms with Crippen molar-refractivity contribution in [3.63, 3.8) is 0 Å². The molecule has 0 fully saturated rings. The number of nitrogens with zero attached hydrogens (tertiary/aromatic N) is 1. The minimum atomic E-state index is 0.431. The van der Waals surface area contributed by atoms with Crippen LogP contribution in [0.5, 0.6) is 5.75 Å². The van der Waals surface area contributed by atoms with Gasteiger partial charge in [0.1, 0.15) is 5.75 Å². The number of hydrogen-bond donors (Lipinski definition) is 0. The number of nitriles is 1. The van der Waals surface area contributed by atoms with E-state index in [0.717, 1.165) is 16.9 Å². The van der Waals surface area contributed by atoms with Crippen LogP contribution in [0.15, 0.2) is 42.5 Å². The molecule has 2 aromatic rings. The lowest BCUT2D eigenvalue weighted by Crippen LogP contribution is -1.84. The zero-order valence-corrected chi connectivity index (χ0v) is 12.2. The van der Waals surface area contributed by atoms with E-state index in [-0.39, 0.29) is 0 Å². The van der Waals surface area contributed by atoms with Gasteiger partial charge in [-0.3, -0.25) is 0 Å². The SMILES string of the molecule is COc1ccc(/C=C(/C#N)c2ccc(Cl)c(Cl)c2)cc1. The van der Waals surface area contributed by atoms with Crippen molar-refractivity contribution in [2.45, 2.75) is 0 Å². The van der Waals surface area contributed by atoms with Crippen molar-refractivity contribution >= 4 is 34.9 Å². The Hall–Kier alpha value is -1.95. The van der Waals surface area contributed by atoms with Gasteiger partial charge in [0.25, 0.3) is 0 Å². The normalized spacial score (nSPS) is 11.0. The second-order valence-corrected chi connectivity index (χ2v) is 4.89. The molecule has 100 valence electrons. The second-order valence-electron chi connectivity index (χ2n) is 4.07. The Kier molecular flexibility index (Phi) is 4.68. The average molecular weight is 304 g/mol. The molecule has 2 rings (SSSR count). The summed E-state index contributed by atoms with van der Waals surface area (Å²) in [5.41, 5.74) is 2.17. The zero-order valence-electron chi connectivity index (χ0n) is 10.7. The second kappa shape index (κ2) is 6.47. The van der Waals surface area contributed by atoms with Crippen LogP contribution < -0.4 is 4.74 Å². The Labute approximate surface area is 127 Å². The fourth-order valence-corrected chi connectivity index (χ4v) is 2.01. The maximum Gasteiger partial charge on any atom is 0.118 e. The molecule has 0 aliphatic rings. The molecule has 0 aliphatic heterocycles. The third-order valence-electron chi connectivity index (χ3n) is 2.78. The maximum absolute atomic E-state index is 9.28. The van der Waals surface area contributed by atoms with Gasteiger partial charge >= 0.3 is 0 Å². The summed E-state index contributed by atoms with van der Waals surface area (Å²) in [6.07, 6.45) is 1.79.